The van der Waals surface area contributed by atoms with Gasteiger partial charge in [0.15, 0.2) is 0 Å². The highest BCUT2D eigenvalue weighted by molar-refractivity contribution is 6.11. The Hall–Kier alpha value is -3.34. The van der Waals surface area contributed by atoms with Crippen LogP contribution in [0.15, 0.2) is 84.1 Å². The van der Waals surface area contributed by atoms with E-state index in [9.17, 15) is 9.18 Å². The van der Waals surface area contributed by atoms with Gasteiger partial charge in [-0.2, -0.15) is 0 Å². The minimum absolute atomic E-state index is 0.216. The van der Waals surface area contributed by atoms with E-state index in [4.69, 9.17) is 4.84 Å². The molecule has 0 aliphatic heterocycles. The molecule has 0 radical (unpaired) electrons. The Morgan fingerprint density at radius 1 is 0.875 bits per heavy atom. The number of oxime groups is 1. The van der Waals surface area contributed by atoms with Gasteiger partial charge in [-0.15, -0.1) is 0 Å². The number of halogens is 1. The Balaban J connectivity index is 1.90. The summed E-state index contributed by atoms with van der Waals surface area (Å²) in [6.07, 6.45) is 1.63. The van der Waals surface area contributed by atoms with Crippen molar-refractivity contribution in [1.82, 2.24) is 4.98 Å². The summed E-state index contributed by atoms with van der Waals surface area (Å²) in [7, 11) is 0. The third-order valence-corrected chi connectivity index (χ3v) is 3.25. The first-order valence-corrected chi connectivity index (χ1v) is 7.26. The predicted octanol–water partition coefficient (Wildman–Crippen LogP) is 3.83. The molecule has 0 N–H and O–H groups in total. The molecule has 0 saturated heterocycles. The molecule has 0 saturated carbocycles. The minimum Gasteiger partial charge on any atom is -0.312 e. The second kappa shape index (κ2) is 7.28. The lowest BCUT2D eigenvalue weighted by molar-refractivity contribution is 0.0517. The second-order valence-corrected chi connectivity index (χ2v) is 4.91. The summed E-state index contributed by atoms with van der Waals surface area (Å²) in [5, 5.41) is 3.97. The van der Waals surface area contributed by atoms with E-state index in [2.05, 4.69) is 10.1 Å². The van der Waals surface area contributed by atoms with Gasteiger partial charge in [-0.05, 0) is 36.4 Å². The molecule has 24 heavy (non-hydrogen) atoms. The van der Waals surface area contributed by atoms with Crippen LogP contribution in [-0.4, -0.2) is 16.7 Å². The fraction of sp³-hybridized carbons (Fsp3) is 0. The van der Waals surface area contributed by atoms with Gasteiger partial charge in [0.1, 0.15) is 11.5 Å². The fourth-order valence-electron chi connectivity index (χ4n) is 2.07. The molecule has 1 heterocycles. The third-order valence-electron chi connectivity index (χ3n) is 3.25. The predicted molar refractivity (Wildman–Crippen MR) is 88.1 cm³/mol. The molecule has 0 aliphatic rings. The molecule has 4 nitrogen and oxygen atoms in total. The van der Waals surface area contributed by atoms with Crippen LogP contribution in [0.5, 0.6) is 0 Å². The molecular formula is C19H13FN2O2. The highest BCUT2D eigenvalue weighted by Crippen LogP contribution is 2.11. The molecule has 0 unspecified atom stereocenters. The van der Waals surface area contributed by atoms with Crippen molar-refractivity contribution >= 4 is 11.7 Å². The molecule has 0 aliphatic carbocycles. The first-order valence-electron chi connectivity index (χ1n) is 7.26. The molecule has 3 aromatic rings. The summed E-state index contributed by atoms with van der Waals surface area (Å²) in [5.41, 5.74) is 2.00. The van der Waals surface area contributed by atoms with Gasteiger partial charge in [0.2, 0.25) is 0 Å². The maximum Gasteiger partial charge on any atom is 0.365 e. The molecule has 2 aromatic carbocycles. The van der Waals surface area contributed by atoms with E-state index in [0.29, 0.717) is 11.4 Å². The molecule has 0 spiro atoms. The lowest BCUT2D eigenvalue weighted by Gasteiger charge is -2.06. The van der Waals surface area contributed by atoms with E-state index < -0.39 is 11.8 Å². The summed E-state index contributed by atoms with van der Waals surface area (Å²) >= 11 is 0. The zero-order valence-electron chi connectivity index (χ0n) is 12.6. The van der Waals surface area contributed by atoms with Crippen molar-refractivity contribution in [3.8, 4) is 0 Å². The van der Waals surface area contributed by atoms with Crippen LogP contribution < -0.4 is 0 Å². The van der Waals surface area contributed by atoms with Crippen LogP contribution in [0.25, 0.3) is 0 Å². The molecule has 3 rings (SSSR count). The average molecular weight is 320 g/mol. The minimum atomic E-state index is -0.667. The Morgan fingerprint density at radius 3 is 2.25 bits per heavy atom. The summed E-state index contributed by atoms with van der Waals surface area (Å²) < 4.78 is 12.9. The zero-order valence-corrected chi connectivity index (χ0v) is 12.6. The van der Waals surface area contributed by atoms with Crippen LogP contribution >= 0.6 is 0 Å². The summed E-state index contributed by atoms with van der Waals surface area (Å²) in [6, 6.07) is 19.7. The van der Waals surface area contributed by atoms with Gasteiger partial charge < -0.3 is 4.84 Å². The smallest absolute Gasteiger partial charge is 0.312 e. The van der Waals surface area contributed by atoms with Crippen molar-refractivity contribution in [2.45, 2.75) is 0 Å². The summed E-state index contributed by atoms with van der Waals surface area (Å²) in [5.74, 6) is -1.09. The van der Waals surface area contributed by atoms with Crippen LogP contribution in [0.4, 0.5) is 4.39 Å². The molecule has 0 fully saturated rings. The first-order chi connectivity index (χ1) is 11.7. The van der Waals surface area contributed by atoms with Crippen LogP contribution in [0.1, 0.15) is 21.6 Å². The molecule has 0 bridgehead atoms. The Kier molecular flexibility index (Phi) is 4.72. The van der Waals surface area contributed by atoms with E-state index >= 15 is 0 Å². The number of carbonyl (C=O) groups is 1. The molecule has 0 atom stereocenters. The Bertz CT molecular complexity index is 806. The van der Waals surface area contributed by atoms with Crippen molar-refractivity contribution in [3.05, 3.63) is 102 Å². The van der Waals surface area contributed by atoms with E-state index in [1.165, 1.54) is 24.3 Å². The quantitative estimate of drug-likeness (QED) is 0.417. The van der Waals surface area contributed by atoms with Crippen LogP contribution in [0.3, 0.4) is 0 Å². The molecule has 0 amide bonds. The van der Waals surface area contributed by atoms with Gasteiger partial charge >= 0.3 is 5.97 Å². The number of carbonyl (C=O) groups excluding carboxylic acids is 1. The summed E-state index contributed by atoms with van der Waals surface area (Å²) in [4.78, 5) is 21.3. The lowest BCUT2D eigenvalue weighted by atomic mass is 10.1. The SMILES string of the molecule is O=C(ON=C(c1ccccc1)c1ccccn1)c1ccc(F)cc1. The third kappa shape index (κ3) is 3.70. The highest BCUT2D eigenvalue weighted by Gasteiger charge is 2.12. The number of aromatic nitrogens is 1. The van der Waals surface area contributed by atoms with Crippen molar-refractivity contribution < 1.29 is 14.0 Å². The van der Waals surface area contributed by atoms with Crippen molar-refractivity contribution in [3.63, 3.8) is 0 Å². The Morgan fingerprint density at radius 2 is 1.58 bits per heavy atom. The van der Waals surface area contributed by atoms with Gasteiger partial charge in [-0.3, -0.25) is 4.98 Å². The van der Waals surface area contributed by atoms with Crippen LogP contribution in [0, 0.1) is 5.82 Å². The van der Waals surface area contributed by atoms with E-state index in [-0.39, 0.29) is 5.56 Å². The largest absolute Gasteiger partial charge is 0.365 e. The number of hydrogen-bond acceptors (Lipinski definition) is 4. The van der Waals surface area contributed by atoms with Crippen LogP contribution in [0.2, 0.25) is 0 Å². The van der Waals surface area contributed by atoms with Crippen molar-refractivity contribution in [1.29, 1.82) is 0 Å². The second-order valence-electron chi connectivity index (χ2n) is 4.91. The standard InChI is InChI=1S/C19H13FN2O2/c20-16-11-9-15(10-12-16)19(23)24-22-18(14-6-2-1-3-7-14)17-8-4-5-13-21-17/h1-13H. The number of benzene rings is 2. The number of rotatable bonds is 4. The van der Waals surface area contributed by atoms with Gasteiger partial charge in [0.05, 0.1) is 11.3 Å². The molecule has 1 aromatic heterocycles. The zero-order chi connectivity index (χ0) is 16.8. The number of hydrogen-bond donors (Lipinski definition) is 0. The van der Waals surface area contributed by atoms with Gasteiger partial charge in [-0.1, -0.05) is 41.6 Å². The van der Waals surface area contributed by atoms with Gasteiger partial charge in [-0.25, -0.2) is 9.18 Å². The molecule has 5 heteroatoms. The topological polar surface area (TPSA) is 51.5 Å². The van der Waals surface area contributed by atoms with Gasteiger partial charge in [0.25, 0.3) is 0 Å². The lowest BCUT2D eigenvalue weighted by Crippen LogP contribution is -2.09. The summed E-state index contributed by atoms with van der Waals surface area (Å²) in [6.45, 7) is 0. The fourth-order valence-corrected chi connectivity index (χ4v) is 2.07. The maximum absolute atomic E-state index is 12.9. The number of pyridine rings is 1. The van der Waals surface area contributed by atoms with E-state index in [0.717, 1.165) is 5.56 Å². The monoisotopic (exact) mass is 320 g/mol. The van der Waals surface area contributed by atoms with Crippen molar-refractivity contribution in [2.75, 3.05) is 0 Å². The molecular weight excluding hydrogens is 307 g/mol. The first kappa shape index (κ1) is 15.6. The molecule has 118 valence electrons. The van der Waals surface area contributed by atoms with Crippen molar-refractivity contribution in [2.24, 2.45) is 5.16 Å². The van der Waals surface area contributed by atoms with Crippen LogP contribution in [-0.2, 0) is 4.84 Å². The van der Waals surface area contributed by atoms with E-state index in [1.807, 2.05) is 36.4 Å². The average Bonchev–Trinajstić information content (AvgIpc) is 2.64. The van der Waals surface area contributed by atoms with E-state index in [1.54, 1.807) is 18.3 Å². The maximum atomic E-state index is 12.9. The number of nitrogens with zero attached hydrogens (tertiary/aromatic N) is 2. The Labute approximate surface area is 138 Å². The highest BCUT2D eigenvalue weighted by atomic mass is 19.1. The van der Waals surface area contributed by atoms with Gasteiger partial charge in [0, 0.05) is 11.8 Å². The normalized spacial score (nSPS) is 11.1.